The van der Waals surface area contributed by atoms with Crippen LogP contribution in [-0.4, -0.2) is 18.7 Å². The lowest BCUT2D eigenvalue weighted by molar-refractivity contribution is 0.237. The molecule has 2 heteroatoms. The Morgan fingerprint density at radius 3 is 2.55 bits per heavy atom. The lowest BCUT2D eigenvalue weighted by Crippen LogP contribution is -2.38. The lowest BCUT2D eigenvalue weighted by Gasteiger charge is -2.30. The van der Waals surface area contributed by atoms with Gasteiger partial charge in [-0.2, -0.15) is 0 Å². The molecular weight excluding hydrogens is 246 g/mol. The van der Waals surface area contributed by atoms with Crippen molar-refractivity contribution < 1.29 is 4.74 Å². The molecule has 2 nitrogen and oxygen atoms in total. The monoisotopic (exact) mass is 275 g/mol. The van der Waals surface area contributed by atoms with Gasteiger partial charge in [-0.1, -0.05) is 32.0 Å². The Morgan fingerprint density at radius 2 is 1.85 bits per heavy atom. The fourth-order valence-corrected chi connectivity index (χ4v) is 2.94. The van der Waals surface area contributed by atoms with E-state index in [-0.39, 0.29) is 5.54 Å². The molecule has 0 bridgehead atoms. The SMILES string of the molecule is CC(C)(CCNC(C)(C)C)CC1COc2ccccc21. The second kappa shape index (κ2) is 5.77. The zero-order valence-electron chi connectivity index (χ0n) is 13.6. The van der Waals surface area contributed by atoms with Crippen molar-refractivity contribution in [2.45, 2.75) is 58.9 Å². The largest absolute Gasteiger partial charge is 0.493 e. The summed E-state index contributed by atoms with van der Waals surface area (Å²) in [5, 5.41) is 3.59. The molecule has 0 aromatic heterocycles. The van der Waals surface area contributed by atoms with Gasteiger partial charge in [-0.25, -0.2) is 0 Å². The molecule has 0 amide bonds. The van der Waals surface area contributed by atoms with Crippen LogP contribution in [0, 0.1) is 5.41 Å². The first kappa shape index (κ1) is 15.4. The lowest BCUT2D eigenvalue weighted by atomic mass is 9.78. The zero-order valence-corrected chi connectivity index (χ0v) is 13.6. The molecule has 1 aliphatic heterocycles. The van der Waals surface area contributed by atoms with Crippen LogP contribution in [0.15, 0.2) is 24.3 Å². The minimum Gasteiger partial charge on any atom is -0.493 e. The maximum Gasteiger partial charge on any atom is 0.122 e. The Morgan fingerprint density at radius 1 is 1.15 bits per heavy atom. The van der Waals surface area contributed by atoms with Crippen molar-refractivity contribution in [1.82, 2.24) is 5.32 Å². The molecule has 0 saturated carbocycles. The number of hydrogen-bond donors (Lipinski definition) is 1. The Kier molecular flexibility index (Phi) is 4.43. The molecular formula is C18H29NO. The van der Waals surface area contributed by atoms with Crippen molar-refractivity contribution in [2.24, 2.45) is 5.41 Å². The highest BCUT2D eigenvalue weighted by molar-refractivity contribution is 5.39. The van der Waals surface area contributed by atoms with Crippen LogP contribution < -0.4 is 10.1 Å². The van der Waals surface area contributed by atoms with E-state index in [0.717, 1.165) is 18.9 Å². The van der Waals surface area contributed by atoms with Gasteiger partial charge < -0.3 is 10.1 Å². The summed E-state index contributed by atoms with van der Waals surface area (Å²) in [4.78, 5) is 0. The van der Waals surface area contributed by atoms with Gasteiger partial charge in [-0.15, -0.1) is 0 Å². The number of para-hydroxylation sites is 1. The summed E-state index contributed by atoms with van der Waals surface area (Å²) in [5.41, 5.74) is 1.94. The van der Waals surface area contributed by atoms with Gasteiger partial charge in [0.2, 0.25) is 0 Å². The molecule has 1 aromatic carbocycles. The predicted octanol–water partition coefficient (Wildman–Crippen LogP) is 4.36. The van der Waals surface area contributed by atoms with Gasteiger partial charge in [0.05, 0.1) is 6.61 Å². The highest BCUT2D eigenvalue weighted by Crippen LogP contribution is 2.41. The van der Waals surface area contributed by atoms with Crippen LogP contribution in [0.5, 0.6) is 5.75 Å². The van der Waals surface area contributed by atoms with E-state index in [2.05, 4.69) is 64.2 Å². The van der Waals surface area contributed by atoms with Gasteiger partial charge in [-0.05, 0) is 51.6 Å². The van der Waals surface area contributed by atoms with Crippen LogP contribution in [0.4, 0.5) is 0 Å². The van der Waals surface area contributed by atoms with Gasteiger partial charge in [0.25, 0.3) is 0 Å². The topological polar surface area (TPSA) is 21.3 Å². The number of nitrogens with one attached hydrogen (secondary N) is 1. The van der Waals surface area contributed by atoms with E-state index < -0.39 is 0 Å². The Hall–Kier alpha value is -1.02. The van der Waals surface area contributed by atoms with Gasteiger partial charge in [0.15, 0.2) is 0 Å². The van der Waals surface area contributed by atoms with Crippen LogP contribution >= 0.6 is 0 Å². The smallest absolute Gasteiger partial charge is 0.122 e. The summed E-state index contributed by atoms with van der Waals surface area (Å²) in [6, 6.07) is 8.48. The molecule has 1 unspecified atom stereocenters. The van der Waals surface area contributed by atoms with Gasteiger partial charge in [0.1, 0.15) is 5.75 Å². The summed E-state index contributed by atoms with van der Waals surface area (Å²) < 4.78 is 5.80. The fraction of sp³-hybridized carbons (Fsp3) is 0.667. The maximum absolute atomic E-state index is 5.80. The Bertz CT molecular complexity index is 445. The van der Waals surface area contributed by atoms with Crippen molar-refractivity contribution in [3.05, 3.63) is 29.8 Å². The van der Waals surface area contributed by atoms with E-state index in [0.29, 0.717) is 11.3 Å². The van der Waals surface area contributed by atoms with Crippen molar-refractivity contribution in [1.29, 1.82) is 0 Å². The first-order valence-electron chi connectivity index (χ1n) is 7.74. The first-order valence-corrected chi connectivity index (χ1v) is 7.74. The molecule has 1 aromatic rings. The molecule has 112 valence electrons. The third-order valence-corrected chi connectivity index (χ3v) is 4.05. The van der Waals surface area contributed by atoms with Crippen molar-refractivity contribution in [3.8, 4) is 5.75 Å². The van der Waals surface area contributed by atoms with Crippen molar-refractivity contribution >= 4 is 0 Å². The molecule has 1 heterocycles. The number of benzene rings is 1. The molecule has 1 atom stereocenters. The van der Waals surface area contributed by atoms with E-state index in [1.807, 2.05) is 0 Å². The van der Waals surface area contributed by atoms with Crippen LogP contribution in [0.3, 0.4) is 0 Å². The van der Waals surface area contributed by atoms with Crippen molar-refractivity contribution in [2.75, 3.05) is 13.2 Å². The molecule has 20 heavy (non-hydrogen) atoms. The standard InChI is InChI=1S/C18H29NO/c1-17(2,3)19-11-10-18(4,5)12-14-13-20-16-9-7-6-8-15(14)16/h6-9,14,19H,10-13H2,1-5H3. The summed E-state index contributed by atoms with van der Waals surface area (Å²) in [7, 11) is 0. The molecule has 0 radical (unpaired) electrons. The van der Waals surface area contributed by atoms with Crippen molar-refractivity contribution in [3.63, 3.8) is 0 Å². The average molecular weight is 275 g/mol. The van der Waals surface area contributed by atoms with Gasteiger partial charge in [0, 0.05) is 17.0 Å². The molecule has 0 aliphatic carbocycles. The van der Waals surface area contributed by atoms with E-state index in [4.69, 9.17) is 4.74 Å². The van der Waals surface area contributed by atoms with E-state index in [1.54, 1.807) is 0 Å². The molecule has 1 N–H and O–H groups in total. The highest BCUT2D eigenvalue weighted by Gasteiger charge is 2.30. The maximum atomic E-state index is 5.80. The third-order valence-electron chi connectivity index (χ3n) is 4.05. The summed E-state index contributed by atoms with van der Waals surface area (Å²) in [6.45, 7) is 13.3. The normalized spacial score (nSPS) is 18.8. The molecule has 0 saturated heterocycles. The van der Waals surface area contributed by atoms with Crippen LogP contribution in [0.25, 0.3) is 0 Å². The second-order valence-corrected chi connectivity index (χ2v) is 7.84. The van der Waals surface area contributed by atoms with E-state index >= 15 is 0 Å². The van der Waals surface area contributed by atoms with Crippen LogP contribution in [-0.2, 0) is 0 Å². The summed E-state index contributed by atoms with van der Waals surface area (Å²) in [5.74, 6) is 1.64. The highest BCUT2D eigenvalue weighted by atomic mass is 16.5. The quantitative estimate of drug-likeness (QED) is 0.862. The van der Waals surface area contributed by atoms with E-state index in [9.17, 15) is 0 Å². The second-order valence-electron chi connectivity index (χ2n) is 7.84. The van der Waals surface area contributed by atoms with Crippen LogP contribution in [0.2, 0.25) is 0 Å². The minimum absolute atomic E-state index is 0.207. The number of fused-ring (bicyclic) bond motifs is 1. The molecule has 0 fully saturated rings. The average Bonchev–Trinajstić information content (AvgIpc) is 2.70. The minimum atomic E-state index is 0.207. The van der Waals surface area contributed by atoms with Crippen LogP contribution in [0.1, 0.15) is 58.9 Å². The Balaban J connectivity index is 1.89. The fourth-order valence-electron chi connectivity index (χ4n) is 2.94. The number of hydrogen-bond acceptors (Lipinski definition) is 2. The number of ether oxygens (including phenoxy) is 1. The van der Waals surface area contributed by atoms with E-state index in [1.165, 1.54) is 18.4 Å². The molecule has 0 spiro atoms. The van der Waals surface area contributed by atoms with Gasteiger partial charge >= 0.3 is 0 Å². The Labute approximate surface area is 123 Å². The summed E-state index contributed by atoms with van der Waals surface area (Å²) in [6.07, 6.45) is 2.39. The van der Waals surface area contributed by atoms with Gasteiger partial charge in [-0.3, -0.25) is 0 Å². The zero-order chi connectivity index (χ0) is 14.8. The predicted molar refractivity (Wildman–Crippen MR) is 85.4 cm³/mol. The molecule has 1 aliphatic rings. The molecule has 2 rings (SSSR count). The number of rotatable bonds is 5. The summed E-state index contributed by atoms with van der Waals surface area (Å²) >= 11 is 0. The first-order chi connectivity index (χ1) is 9.27. The third kappa shape index (κ3) is 4.24.